The van der Waals surface area contributed by atoms with Gasteiger partial charge in [-0.15, -0.1) is 0 Å². The maximum atomic E-state index is 11.3. The number of hydrogen-bond donors (Lipinski definition) is 1. The van der Waals surface area contributed by atoms with Gasteiger partial charge in [0.05, 0.1) is 16.2 Å². The lowest BCUT2D eigenvalue weighted by atomic mass is 9.97. The molecule has 0 spiro atoms. The van der Waals surface area contributed by atoms with Crippen LogP contribution in [0.3, 0.4) is 0 Å². The highest BCUT2D eigenvalue weighted by molar-refractivity contribution is 5.95. The van der Waals surface area contributed by atoms with Crippen molar-refractivity contribution in [2.75, 3.05) is 11.9 Å². The fourth-order valence-corrected chi connectivity index (χ4v) is 1.66. The Bertz CT molecular complexity index is 511. The molecule has 6 heteroatoms. The maximum Gasteiger partial charge on any atom is 0.338 e. The zero-order valence-corrected chi connectivity index (χ0v) is 11.5. The Morgan fingerprint density at radius 2 is 2.05 bits per heavy atom. The third-order valence-corrected chi connectivity index (χ3v) is 3.56. The first-order valence-electron chi connectivity index (χ1n) is 5.96. The van der Waals surface area contributed by atoms with E-state index < -0.39 is 10.9 Å². The summed E-state index contributed by atoms with van der Waals surface area (Å²) in [4.78, 5) is 23.2. The molecule has 1 aromatic rings. The number of anilines is 1. The van der Waals surface area contributed by atoms with E-state index in [-0.39, 0.29) is 16.8 Å². The molecule has 1 N–H and O–H groups in total. The topological polar surface area (TPSA) is 83.7 Å². The number of aromatic carboxylic acids is 1. The first-order chi connectivity index (χ1) is 8.70. The van der Waals surface area contributed by atoms with Crippen LogP contribution in [-0.2, 0) is 0 Å². The van der Waals surface area contributed by atoms with Crippen molar-refractivity contribution in [1.82, 2.24) is 0 Å². The van der Waals surface area contributed by atoms with Crippen LogP contribution >= 0.6 is 0 Å². The van der Waals surface area contributed by atoms with E-state index in [1.54, 1.807) is 7.05 Å². The number of carboxylic acids is 1. The van der Waals surface area contributed by atoms with Crippen LogP contribution in [0.4, 0.5) is 11.4 Å². The van der Waals surface area contributed by atoms with Crippen molar-refractivity contribution in [1.29, 1.82) is 0 Å². The van der Waals surface area contributed by atoms with Crippen molar-refractivity contribution < 1.29 is 14.8 Å². The second-order valence-corrected chi connectivity index (χ2v) is 4.99. The summed E-state index contributed by atoms with van der Waals surface area (Å²) in [5, 5.41) is 19.9. The Morgan fingerprint density at radius 1 is 1.47 bits per heavy atom. The summed E-state index contributed by atoms with van der Waals surface area (Å²) in [5.41, 5.74) is -0.0348. The molecule has 0 aliphatic heterocycles. The molecule has 0 fully saturated rings. The van der Waals surface area contributed by atoms with E-state index in [1.807, 2.05) is 25.7 Å². The summed E-state index contributed by atoms with van der Waals surface area (Å²) >= 11 is 0. The summed E-state index contributed by atoms with van der Waals surface area (Å²) in [6.45, 7) is 5.97. The molecular formula is C13H18N2O4. The molecule has 0 saturated carbocycles. The number of carbonyl (C=O) groups is 1. The Morgan fingerprint density at radius 3 is 2.47 bits per heavy atom. The third kappa shape index (κ3) is 3.01. The minimum atomic E-state index is -1.17. The smallest absolute Gasteiger partial charge is 0.338 e. The summed E-state index contributed by atoms with van der Waals surface area (Å²) in [6, 6.07) is 3.91. The molecule has 19 heavy (non-hydrogen) atoms. The average molecular weight is 266 g/mol. The fourth-order valence-electron chi connectivity index (χ4n) is 1.66. The molecule has 0 radical (unpaired) electrons. The SMILES string of the molecule is CCC(C)(C)N(C)c1ccc([N+](=O)[O-])cc1C(=O)O. The predicted octanol–water partition coefficient (Wildman–Crippen LogP) is 2.92. The summed E-state index contributed by atoms with van der Waals surface area (Å²) in [7, 11) is 1.79. The molecule has 0 bridgehead atoms. The molecule has 104 valence electrons. The van der Waals surface area contributed by atoms with Crippen LogP contribution < -0.4 is 4.90 Å². The van der Waals surface area contributed by atoms with Gasteiger partial charge in [-0.2, -0.15) is 0 Å². The van der Waals surface area contributed by atoms with Crippen LogP contribution in [0.2, 0.25) is 0 Å². The first-order valence-corrected chi connectivity index (χ1v) is 5.96. The van der Waals surface area contributed by atoms with Crippen LogP contribution in [0.15, 0.2) is 18.2 Å². The molecule has 0 saturated heterocycles. The van der Waals surface area contributed by atoms with E-state index in [1.165, 1.54) is 12.1 Å². The Kier molecular flexibility index (Phi) is 4.14. The van der Waals surface area contributed by atoms with Gasteiger partial charge in [0.25, 0.3) is 5.69 Å². The highest BCUT2D eigenvalue weighted by atomic mass is 16.6. The summed E-state index contributed by atoms with van der Waals surface area (Å²) < 4.78 is 0. The second kappa shape index (κ2) is 5.26. The lowest BCUT2D eigenvalue weighted by molar-refractivity contribution is -0.384. The minimum absolute atomic E-state index is 0.0572. The predicted molar refractivity (Wildman–Crippen MR) is 72.8 cm³/mol. The van der Waals surface area contributed by atoms with Gasteiger partial charge in [0, 0.05) is 24.7 Å². The lowest BCUT2D eigenvalue weighted by Crippen LogP contribution is -2.41. The number of hydrogen-bond acceptors (Lipinski definition) is 4. The standard InChI is InChI=1S/C13H18N2O4/c1-5-13(2,3)14(4)11-7-6-9(15(18)19)8-10(11)12(16)17/h6-8H,5H2,1-4H3,(H,16,17). The first kappa shape index (κ1) is 14.9. The van der Waals surface area contributed by atoms with Crippen LogP contribution in [0.5, 0.6) is 0 Å². The van der Waals surface area contributed by atoms with Gasteiger partial charge in [-0.1, -0.05) is 6.92 Å². The van der Waals surface area contributed by atoms with E-state index in [0.29, 0.717) is 5.69 Å². The molecule has 0 heterocycles. The average Bonchev–Trinajstić information content (AvgIpc) is 2.36. The number of nitro benzene ring substituents is 1. The van der Waals surface area contributed by atoms with E-state index in [9.17, 15) is 20.0 Å². The zero-order valence-electron chi connectivity index (χ0n) is 11.5. The number of carboxylic acid groups (broad SMARTS) is 1. The van der Waals surface area contributed by atoms with Gasteiger partial charge in [-0.3, -0.25) is 10.1 Å². The van der Waals surface area contributed by atoms with Crippen LogP contribution in [0, 0.1) is 10.1 Å². The molecule has 1 rings (SSSR count). The maximum absolute atomic E-state index is 11.3. The molecule has 0 aromatic heterocycles. The Labute approximate surface area is 111 Å². The molecule has 0 aliphatic rings. The monoisotopic (exact) mass is 266 g/mol. The Balaban J connectivity index is 3.36. The molecule has 0 aliphatic carbocycles. The number of rotatable bonds is 5. The molecule has 0 atom stereocenters. The van der Waals surface area contributed by atoms with Gasteiger partial charge >= 0.3 is 5.97 Å². The lowest BCUT2D eigenvalue weighted by Gasteiger charge is -2.37. The summed E-state index contributed by atoms with van der Waals surface area (Å²) in [5.74, 6) is -1.17. The van der Waals surface area contributed by atoms with Crippen LogP contribution in [0.25, 0.3) is 0 Å². The van der Waals surface area contributed by atoms with Crippen molar-refractivity contribution >= 4 is 17.3 Å². The van der Waals surface area contributed by atoms with Crippen LogP contribution in [0.1, 0.15) is 37.6 Å². The molecule has 1 aromatic carbocycles. The van der Waals surface area contributed by atoms with Gasteiger partial charge in [0.15, 0.2) is 0 Å². The van der Waals surface area contributed by atoms with Crippen molar-refractivity contribution in [3.63, 3.8) is 0 Å². The van der Waals surface area contributed by atoms with E-state index in [2.05, 4.69) is 0 Å². The molecule has 6 nitrogen and oxygen atoms in total. The number of non-ortho nitro benzene ring substituents is 1. The largest absolute Gasteiger partial charge is 0.478 e. The fraction of sp³-hybridized carbons (Fsp3) is 0.462. The van der Waals surface area contributed by atoms with Crippen molar-refractivity contribution in [3.8, 4) is 0 Å². The normalized spacial score (nSPS) is 11.2. The zero-order chi connectivity index (χ0) is 14.8. The highest BCUT2D eigenvalue weighted by Crippen LogP contribution is 2.30. The van der Waals surface area contributed by atoms with E-state index in [4.69, 9.17) is 0 Å². The summed E-state index contributed by atoms with van der Waals surface area (Å²) in [6.07, 6.45) is 0.819. The number of nitrogens with zero attached hydrogens (tertiary/aromatic N) is 2. The van der Waals surface area contributed by atoms with E-state index in [0.717, 1.165) is 12.5 Å². The van der Waals surface area contributed by atoms with Crippen molar-refractivity contribution in [2.24, 2.45) is 0 Å². The van der Waals surface area contributed by atoms with Crippen molar-refractivity contribution in [2.45, 2.75) is 32.7 Å². The Hall–Kier alpha value is -2.11. The number of nitro groups is 1. The molecule has 0 unspecified atom stereocenters. The van der Waals surface area contributed by atoms with Gasteiger partial charge in [0.1, 0.15) is 0 Å². The minimum Gasteiger partial charge on any atom is -0.478 e. The van der Waals surface area contributed by atoms with Gasteiger partial charge in [-0.25, -0.2) is 4.79 Å². The highest BCUT2D eigenvalue weighted by Gasteiger charge is 2.26. The second-order valence-electron chi connectivity index (χ2n) is 4.99. The molecular weight excluding hydrogens is 248 g/mol. The molecule has 0 amide bonds. The quantitative estimate of drug-likeness (QED) is 0.654. The van der Waals surface area contributed by atoms with Crippen LogP contribution in [-0.4, -0.2) is 28.6 Å². The number of benzene rings is 1. The van der Waals surface area contributed by atoms with Gasteiger partial charge in [-0.05, 0) is 26.3 Å². The van der Waals surface area contributed by atoms with Gasteiger partial charge < -0.3 is 10.0 Å². The van der Waals surface area contributed by atoms with Crippen molar-refractivity contribution in [3.05, 3.63) is 33.9 Å². The van der Waals surface area contributed by atoms with E-state index >= 15 is 0 Å². The third-order valence-electron chi connectivity index (χ3n) is 3.56. The van der Waals surface area contributed by atoms with Gasteiger partial charge in [0.2, 0.25) is 0 Å².